The number of aromatic nitrogens is 4. The van der Waals surface area contributed by atoms with E-state index in [1.54, 1.807) is 6.20 Å². The minimum atomic E-state index is -0.700. The van der Waals surface area contributed by atoms with Gasteiger partial charge in [0.25, 0.3) is 0 Å². The smallest absolute Gasteiger partial charge is 0.226 e. The van der Waals surface area contributed by atoms with Crippen LogP contribution in [0.4, 0.5) is 14.7 Å². The van der Waals surface area contributed by atoms with Crippen molar-refractivity contribution in [2.75, 3.05) is 44.7 Å². The number of terminal acetylenes is 1. The summed E-state index contributed by atoms with van der Waals surface area (Å²) in [6.07, 6.45) is 7.21. The minimum absolute atomic E-state index is 0.0256. The number of hydrogen-bond acceptors (Lipinski definition) is 7. The summed E-state index contributed by atoms with van der Waals surface area (Å²) in [6, 6.07) is 9.51. The van der Waals surface area contributed by atoms with Crippen LogP contribution in [0.5, 0.6) is 5.75 Å². The van der Waals surface area contributed by atoms with E-state index >= 15 is 4.39 Å². The number of ether oxygens (including phenoxy) is 1. The highest BCUT2D eigenvalue weighted by atomic mass is 19.1. The largest absolute Gasteiger partial charge is 0.508 e. The Labute approximate surface area is 234 Å². The molecule has 0 bridgehead atoms. The van der Waals surface area contributed by atoms with Crippen molar-refractivity contribution in [3.05, 3.63) is 65.5 Å². The van der Waals surface area contributed by atoms with Gasteiger partial charge in [0.2, 0.25) is 5.95 Å². The SMILES string of the molecule is C#Cc1c(F)ccc2cc(O)cc(-c3ncc4c(-c5ccc6n5CCOC6)nc(N5CCN(C)CC5)nc4c3F)c12. The number of phenolic OH excluding ortho intramolecular Hbond substituents is 1. The highest BCUT2D eigenvalue weighted by Crippen LogP contribution is 2.39. The van der Waals surface area contributed by atoms with E-state index in [9.17, 15) is 9.50 Å². The number of rotatable bonds is 3. The summed E-state index contributed by atoms with van der Waals surface area (Å²) in [6.45, 7) is 4.76. The molecule has 206 valence electrons. The van der Waals surface area contributed by atoms with Crippen molar-refractivity contribution in [3.8, 4) is 40.7 Å². The van der Waals surface area contributed by atoms with Gasteiger partial charge in [0, 0.05) is 61.0 Å². The molecule has 41 heavy (non-hydrogen) atoms. The van der Waals surface area contributed by atoms with Gasteiger partial charge in [-0.3, -0.25) is 4.98 Å². The lowest BCUT2D eigenvalue weighted by atomic mass is 9.95. The van der Waals surface area contributed by atoms with Crippen LogP contribution in [-0.2, 0) is 17.9 Å². The Morgan fingerprint density at radius 3 is 2.63 bits per heavy atom. The summed E-state index contributed by atoms with van der Waals surface area (Å²) in [5, 5.41) is 11.7. The molecule has 2 aromatic carbocycles. The predicted molar refractivity (Wildman–Crippen MR) is 153 cm³/mol. The monoisotopic (exact) mass is 552 g/mol. The number of aromatic hydroxyl groups is 1. The molecular weight excluding hydrogens is 526 g/mol. The van der Waals surface area contributed by atoms with Gasteiger partial charge < -0.3 is 24.2 Å². The fraction of sp³-hybridized carbons (Fsp3) is 0.258. The maximum Gasteiger partial charge on any atom is 0.226 e. The van der Waals surface area contributed by atoms with E-state index in [4.69, 9.17) is 21.1 Å². The molecule has 5 aromatic rings. The maximum absolute atomic E-state index is 16.7. The van der Waals surface area contributed by atoms with Crippen LogP contribution in [0.3, 0.4) is 0 Å². The van der Waals surface area contributed by atoms with Crippen molar-refractivity contribution in [1.82, 2.24) is 24.4 Å². The fourth-order valence-corrected chi connectivity index (χ4v) is 5.77. The molecule has 10 heteroatoms. The normalized spacial score (nSPS) is 15.8. The van der Waals surface area contributed by atoms with Crippen molar-refractivity contribution in [1.29, 1.82) is 0 Å². The van der Waals surface area contributed by atoms with E-state index < -0.39 is 11.6 Å². The quantitative estimate of drug-likeness (QED) is 0.329. The Bertz CT molecular complexity index is 1890. The van der Waals surface area contributed by atoms with Gasteiger partial charge in [0.15, 0.2) is 5.82 Å². The standard InChI is InChI=1S/C31H26F2N6O2/c1-3-21-24(32)6-4-18-14-20(40)15-22(26(18)21)29-27(33)30-23(16-34-29)28(25-7-5-19-17-41-13-12-39(19)25)35-31(36-30)38-10-8-37(2)9-11-38/h1,4-7,14-16,40H,8-13,17H2,2H3. The molecule has 0 radical (unpaired) electrons. The molecule has 0 saturated carbocycles. The number of nitrogens with zero attached hydrogens (tertiary/aromatic N) is 6. The fourth-order valence-electron chi connectivity index (χ4n) is 5.77. The second kappa shape index (κ2) is 9.80. The van der Waals surface area contributed by atoms with Gasteiger partial charge in [0.05, 0.1) is 24.5 Å². The molecule has 1 N–H and O–H groups in total. The number of hydrogen-bond donors (Lipinski definition) is 1. The van der Waals surface area contributed by atoms with Gasteiger partial charge in [-0.15, -0.1) is 6.42 Å². The zero-order chi connectivity index (χ0) is 28.2. The molecule has 0 amide bonds. The van der Waals surface area contributed by atoms with Crippen molar-refractivity contribution in [2.45, 2.75) is 13.2 Å². The molecule has 2 aliphatic heterocycles. The summed E-state index contributed by atoms with van der Waals surface area (Å²) in [4.78, 5) is 18.5. The highest BCUT2D eigenvalue weighted by molar-refractivity contribution is 6.03. The third kappa shape index (κ3) is 4.17. The van der Waals surface area contributed by atoms with Crippen LogP contribution in [0.15, 0.2) is 42.6 Å². The van der Waals surface area contributed by atoms with Crippen molar-refractivity contribution in [3.63, 3.8) is 0 Å². The number of anilines is 1. The zero-order valence-corrected chi connectivity index (χ0v) is 22.4. The summed E-state index contributed by atoms with van der Waals surface area (Å²) < 4.78 is 39.2. The summed E-state index contributed by atoms with van der Waals surface area (Å²) >= 11 is 0. The topological polar surface area (TPSA) is 79.5 Å². The van der Waals surface area contributed by atoms with E-state index in [1.165, 1.54) is 24.3 Å². The highest BCUT2D eigenvalue weighted by Gasteiger charge is 2.26. The molecule has 3 aromatic heterocycles. The van der Waals surface area contributed by atoms with Gasteiger partial charge in [0.1, 0.15) is 28.5 Å². The van der Waals surface area contributed by atoms with Crippen LogP contribution in [0.1, 0.15) is 11.3 Å². The molecule has 2 aliphatic rings. The summed E-state index contributed by atoms with van der Waals surface area (Å²) in [5.41, 5.74) is 2.59. The predicted octanol–water partition coefficient (Wildman–Crippen LogP) is 4.56. The van der Waals surface area contributed by atoms with E-state index in [0.717, 1.165) is 24.5 Å². The number of likely N-dealkylation sites (N-methyl/N-ethyl adjacent to an activating group) is 1. The molecule has 5 heterocycles. The molecule has 0 aliphatic carbocycles. The average molecular weight is 553 g/mol. The van der Waals surface area contributed by atoms with Crippen molar-refractivity contribution < 1.29 is 18.6 Å². The van der Waals surface area contributed by atoms with E-state index in [0.29, 0.717) is 60.6 Å². The second-order valence-electron chi connectivity index (χ2n) is 10.4. The van der Waals surface area contributed by atoms with Crippen molar-refractivity contribution in [2.24, 2.45) is 0 Å². The number of fused-ring (bicyclic) bond motifs is 3. The van der Waals surface area contributed by atoms with Crippen molar-refractivity contribution >= 4 is 27.6 Å². The first-order chi connectivity index (χ1) is 19.9. The lowest BCUT2D eigenvalue weighted by Gasteiger charge is -2.32. The first-order valence-electron chi connectivity index (χ1n) is 13.4. The summed E-state index contributed by atoms with van der Waals surface area (Å²) in [7, 11) is 2.06. The van der Waals surface area contributed by atoms with Crippen LogP contribution < -0.4 is 4.90 Å². The van der Waals surface area contributed by atoms with E-state index in [2.05, 4.69) is 32.3 Å². The third-order valence-corrected chi connectivity index (χ3v) is 7.93. The lowest BCUT2D eigenvalue weighted by Crippen LogP contribution is -2.45. The van der Waals surface area contributed by atoms with Gasteiger partial charge in [-0.1, -0.05) is 12.0 Å². The van der Waals surface area contributed by atoms with Crippen LogP contribution in [0.2, 0.25) is 0 Å². The van der Waals surface area contributed by atoms with Gasteiger partial charge in [-0.2, -0.15) is 0 Å². The van der Waals surface area contributed by atoms with Gasteiger partial charge in [-0.25, -0.2) is 18.7 Å². The second-order valence-corrected chi connectivity index (χ2v) is 10.4. The average Bonchev–Trinajstić information content (AvgIpc) is 3.41. The maximum atomic E-state index is 16.7. The Morgan fingerprint density at radius 1 is 1.00 bits per heavy atom. The lowest BCUT2D eigenvalue weighted by molar-refractivity contribution is 0.0856. The Morgan fingerprint density at radius 2 is 1.83 bits per heavy atom. The number of piperazine rings is 1. The van der Waals surface area contributed by atoms with Gasteiger partial charge in [-0.05, 0) is 42.8 Å². The number of phenols is 1. The van der Waals surface area contributed by atoms with E-state index in [1.807, 2.05) is 12.1 Å². The molecule has 8 nitrogen and oxygen atoms in total. The number of benzene rings is 2. The first kappa shape index (κ1) is 25.4. The van der Waals surface area contributed by atoms with Crippen LogP contribution in [0, 0.1) is 24.0 Å². The van der Waals surface area contributed by atoms with Crippen LogP contribution >= 0.6 is 0 Å². The van der Waals surface area contributed by atoms with Crippen LogP contribution in [-0.4, -0.2) is 69.4 Å². The van der Waals surface area contributed by atoms with Crippen LogP contribution in [0.25, 0.3) is 44.3 Å². The molecule has 0 unspecified atom stereocenters. The van der Waals surface area contributed by atoms with Gasteiger partial charge >= 0.3 is 0 Å². The molecule has 7 rings (SSSR count). The zero-order valence-electron chi connectivity index (χ0n) is 22.4. The molecule has 0 spiro atoms. The molecule has 0 atom stereocenters. The number of halogens is 2. The minimum Gasteiger partial charge on any atom is -0.508 e. The Balaban J connectivity index is 1.50. The molecule has 1 saturated heterocycles. The third-order valence-electron chi connectivity index (χ3n) is 7.93. The molecule has 1 fully saturated rings. The van der Waals surface area contributed by atoms with E-state index in [-0.39, 0.29) is 28.1 Å². The Hall–Kier alpha value is -4.59. The Kier molecular flexibility index (Phi) is 6.07. The number of pyridine rings is 1. The molecular formula is C31H26F2N6O2. The first-order valence-corrected chi connectivity index (χ1v) is 13.4. The summed E-state index contributed by atoms with van der Waals surface area (Å²) in [5.74, 6) is 1.37.